The Balaban J connectivity index is 2.40. The van der Waals surface area contributed by atoms with E-state index in [4.69, 9.17) is 9.47 Å². The van der Waals surface area contributed by atoms with E-state index in [0.29, 0.717) is 6.42 Å². The number of hydrogen-bond acceptors (Lipinski definition) is 6. The normalized spacial score (nSPS) is 12.3. The molecule has 7 nitrogen and oxygen atoms in total. The summed E-state index contributed by atoms with van der Waals surface area (Å²) < 4.78 is 42.4. The fraction of sp³-hybridized carbons (Fsp3) is 0.680. The van der Waals surface area contributed by atoms with Gasteiger partial charge in [0.15, 0.2) is 0 Å². The van der Waals surface area contributed by atoms with Gasteiger partial charge in [-0.25, -0.2) is 9.59 Å². The van der Waals surface area contributed by atoms with Gasteiger partial charge in [-0.2, -0.15) is 8.42 Å². The van der Waals surface area contributed by atoms with Crippen molar-refractivity contribution in [3.05, 3.63) is 35.4 Å². The van der Waals surface area contributed by atoms with Crippen LogP contribution < -0.4 is 0 Å². The molecule has 1 atom stereocenters. The van der Waals surface area contributed by atoms with E-state index in [1.54, 1.807) is 19.1 Å². The molecule has 0 aliphatic carbocycles. The highest BCUT2D eigenvalue weighted by molar-refractivity contribution is 7.86. The number of benzene rings is 1. The maximum absolute atomic E-state index is 12.5. The summed E-state index contributed by atoms with van der Waals surface area (Å²) in [6.45, 7) is 4.18. The van der Waals surface area contributed by atoms with Crippen molar-refractivity contribution in [1.29, 1.82) is 0 Å². The smallest absolute Gasteiger partial charge is 0.340 e. The minimum atomic E-state index is -4.56. The van der Waals surface area contributed by atoms with Crippen molar-refractivity contribution in [1.82, 2.24) is 0 Å². The summed E-state index contributed by atoms with van der Waals surface area (Å²) in [5.41, 5.74) is -1.75. The van der Waals surface area contributed by atoms with Gasteiger partial charge < -0.3 is 9.47 Å². The summed E-state index contributed by atoms with van der Waals surface area (Å²) in [6.07, 6.45) is 13.4. The topological polar surface area (TPSA) is 107 Å². The van der Waals surface area contributed by atoms with Gasteiger partial charge in [-0.1, -0.05) is 96.6 Å². The predicted octanol–water partition coefficient (Wildman–Crippen LogP) is 6.33. The third-order valence-corrected chi connectivity index (χ3v) is 6.44. The summed E-state index contributed by atoms with van der Waals surface area (Å²) in [5.74, 6) is -1.65. The van der Waals surface area contributed by atoms with Crippen LogP contribution in [0.25, 0.3) is 0 Å². The van der Waals surface area contributed by atoms with E-state index < -0.39 is 27.5 Å². The zero-order chi connectivity index (χ0) is 24.5. The first kappa shape index (κ1) is 29.1. The minimum absolute atomic E-state index is 0.0103. The highest BCUT2D eigenvalue weighted by atomic mass is 32.2. The number of carbonyl (C=O) groups is 2. The van der Waals surface area contributed by atoms with Gasteiger partial charge in [0.1, 0.15) is 0 Å². The number of esters is 2. The van der Waals surface area contributed by atoms with E-state index in [2.05, 4.69) is 6.92 Å². The van der Waals surface area contributed by atoms with Crippen LogP contribution in [0, 0.1) is 0 Å². The molecule has 1 rings (SSSR count). The second-order valence-corrected chi connectivity index (χ2v) is 9.91. The van der Waals surface area contributed by atoms with Crippen LogP contribution >= 0.6 is 0 Å². The number of hydrogen-bond donors (Lipinski definition) is 1. The van der Waals surface area contributed by atoms with Crippen LogP contribution in [0.15, 0.2) is 24.3 Å². The molecule has 0 amide bonds. The second kappa shape index (κ2) is 16.6. The number of carbonyl (C=O) groups excluding carboxylic acids is 2. The van der Waals surface area contributed by atoms with Crippen LogP contribution in [-0.2, 0) is 19.6 Å². The molecule has 0 saturated carbocycles. The molecule has 1 N–H and O–H groups in total. The molecule has 8 heteroatoms. The molecular formula is C25H40O7S. The van der Waals surface area contributed by atoms with Gasteiger partial charge in [0.2, 0.25) is 5.44 Å². The molecule has 188 valence electrons. The molecule has 0 spiro atoms. The lowest BCUT2D eigenvalue weighted by Gasteiger charge is -2.15. The van der Waals surface area contributed by atoms with Gasteiger partial charge in [-0.05, 0) is 18.6 Å². The molecule has 0 fully saturated rings. The monoisotopic (exact) mass is 484 g/mol. The van der Waals surface area contributed by atoms with Crippen molar-refractivity contribution in [3.63, 3.8) is 0 Å². The molecule has 0 aliphatic rings. The standard InChI is InChI=1S/C25H40O7S/c1-3-5-6-7-8-9-10-11-12-13-16-20-31-24(26)21-18-14-15-19-22(21)25(27)32-23(17-4-2)33(28,29)30/h14-15,18-19,23H,3-13,16-17,20H2,1-2H3,(H,28,29,30). The molecule has 1 aromatic rings. The maximum atomic E-state index is 12.5. The van der Waals surface area contributed by atoms with Gasteiger partial charge >= 0.3 is 22.1 Å². The van der Waals surface area contributed by atoms with Gasteiger partial charge in [0.25, 0.3) is 0 Å². The maximum Gasteiger partial charge on any atom is 0.340 e. The van der Waals surface area contributed by atoms with Crippen molar-refractivity contribution in [2.45, 2.75) is 103 Å². The molecule has 0 saturated heterocycles. The highest BCUT2D eigenvalue weighted by Gasteiger charge is 2.28. The molecule has 0 bridgehead atoms. The van der Waals surface area contributed by atoms with Crippen molar-refractivity contribution < 1.29 is 32.0 Å². The highest BCUT2D eigenvalue weighted by Crippen LogP contribution is 2.17. The van der Waals surface area contributed by atoms with Crippen LogP contribution in [0.3, 0.4) is 0 Å². The third kappa shape index (κ3) is 12.2. The molecular weight excluding hydrogens is 444 g/mol. The average Bonchev–Trinajstić information content (AvgIpc) is 2.78. The zero-order valence-electron chi connectivity index (χ0n) is 20.1. The van der Waals surface area contributed by atoms with Gasteiger partial charge in [0.05, 0.1) is 17.7 Å². The van der Waals surface area contributed by atoms with Crippen LogP contribution in [0.5, 0.6) is 0 Å². The fourth-order valence-electron chi connectivity index (χ4n) is 3.54. The number of unbranched alkanes of at least 4 members (excludes halogenated alkanes) is 10. The summed E-state index contributed by atoms with van der Waals surface area (Å²) in [6, 6.07) is 5.93. The number of rotatable bonds is 18. The van der Waals surface area contributed by atoms with E-state index in [9.17, 15) is 22.6 Å². The Bertz CT molecular complexity index is 805. The first-order valence-electron chi connectivity index (χ1n) is 12.2. The van der Waals surface area contributed by atoms with Gasteiger partial charge in [-0.3, -0.25) is 4.55 Å². The van der Waals surface area contributed by atoms with E-state index in [0.717, 1.165) is 19.3 Å². The quantitative estimate of drug-likeness (QED) is 0.147. The zero-order valence-corrected chi connectivity index (χ0v) is 20.9. The van der Waals surface area contributed by atoms with E-state index in [1.807, 2.05) is 0 Å². The third-order valence-electron chi connectivity index (χ3n) is 5.44. The van der Waals surface area contributed by atoms with Crippen LogP contribution in [-0.4, -0.2) is 37.0 Å². The molecule has 0 aliphatic heterocycles. The first-order valence-corrected chi connectivity index (χ1v) is 13.7. The summed E-state index contributed by atoms with van der Waals surface area (Å²) in [7, 11) is -4.56. The Morgan fingerprint density at radius 1 is 0.788 bits per heavy atom. The van der Waals surface area contributed by atoms with Crippen LogP contribution in [0.4, 0.5) is 0 Å². The van der Waals surface area contributed by atoms with E-state index >= 15 is 0 Å². The molecule has 0 radical (unpaired) electrons. The lowest BCUT2D eigenvalue weighted by atomic mass is 10.1. The first-order chi connectivity index (χ1) is 15.8. The van der Waals surface area contributed by atoms with E-state index in [-0.39, 0.29) is 24.2 Å². The Kier molecular flexibility index (Phi) is 14.7. The number of ether oxygens (including phenoxy) is 2. The lowest BCUT2D eigenvalue weighted by molar-refractivity contribution is 0.0395. The summed E-state index contributed by atoms with van der Waals surface area (Å²) >= 11 is 0. The van der Waals surface area contributed by atoms with Gasteiger partial charge in [0, 0.05) is 6.42 Å². The van der Waals surface area contributed by atoms with Crippen molar-refractivity contribution in [3.8, 4) is 0 Å². The van der Waals surface area contributed by atoms with Gasteiger partial charge in [-0.15, -0.1) is 0 Å². The van der Waals surface area contributed by atoms with Crippen molar-refractivity contribution in [2.75, 3.05) is 6.61 Å². The van der Waals surface area contributed by atoms with Crippen LogP contribution in [0.1, 0.15) is 118 Å². The van der Waals surface area contributed by atoms with Crippen LogP contribution in [0.2, 0.25) is 0 Å². The van der Waals surface area contributed by atoms with Crippen molar-refractivity contribution >= 4 is 22.1 Å². The Morgan fingerprint density at radius 2 is 1.27 bits per heavy atom. The minimum Gasteiger partial charge on any atom is -0.462 e. The Labute approximate surface area is 199 Å². The summed E-state index contributed by atoms with van der Waals surface area (Å²) in [5, 5.41) is 0. The average molecular weight is 485 g/mol. The largest absolute Gasteiger partial charge is 0.462 e. The molecule has 0 aromatic heterocycles. The molecule has 33 heavy (non-hydrogen) atoms. The molecule has 1 aromatic carbocycles. The Morgan fingerprint density at radius 3 is 1.76 bits per heavy atom. The SMILES string of the molecule is CCCCCCCCCCCCCOC(=O)c1ccccc1C(=O)OC(CCC)S(=O)(=O)O. The molecule has 1 unspecified atom stereocenters. The fourth-order valence-corrected chi connectivity index (χ4v) is 4.28. The second-order valence-electron chi connectivity index (χ2n) is 8.36. The lowest BCUT2D eigenvalue weighted by Crippen LogP contribution is -2.27. The molecule has 0 heterocycles. The van der Waals surface area contributed by atoms with E-state index in [1.165, 1.54) is 63.5 Å². The predicted molar refractivity (Wildman–Crippen MR) is 129 cm³/mol. The summed E-state index contributed by atoms with van der Waals surface area (Å²) in [4.78, 5) is 24.9. The Hall–Kier alpha value is -1.93. The van der Waals surface area contributed by atoms with Crippen molar-refractivity contribution in [2.24, 2.45) is 0 Å².